The molecule has 2 amide bonds. The number of rotatable bonds is 6. The molecule has 2 N–H and O–H groups in total. The van der Waals surface area contributed by atoms with Crippen LogP contribution < -0.4 is 10.6 Å². The average molecular weight is 366 g/mol. The van der Waals surface area contributed by atoms with E-state index in [1.54, 1.807) is 0 Å². The third kappa shape index (κ3) is 5.54. The lowest BCUT2D eigenvalue weighted by Crippen LogP contribution is -2.55. The number of amides is 2. The summed E-state index contributed by atoms with van der Waals surface area (Å²) in [5, 5.41) is 6.25. The molecule has 1 atom stereocenters. The van der Waals surface area contributed by atoms with Crippen LogP contribution in [0.2, 0.25) is 0 Å². The maximum atomic E-state index is 12.4. The molecule has 1 aliphatic heterocycles. The lowest BCUT2D eigenvalue weighted by molar-refractivity contribution is -0.128. The zero-order valence-corrected chi connectivity index (χ0v) is 16.8. The zero-order chi connectivity index (χ0) is 18.6. The number of nitrogens with zero attached hydrogens (tertiary/aromatic N) is 1. The Morgan fingerprint density at radius 3 is 2.48 bits per heavy atom. The van der Waals surface area contributed by atoms with E-state index in [9.17, 15) is 9.59 Å². The third-order valence-corrected chi connectivity index (χ3v) is 6.10. The first-order valence-electron chi connectivity index (χ1n) is 9.15. The van der Waals surface area contributed by atoms with E-state index >= 15 is 0 Å². The standard InChI is InChI=1S/C19H31N3O2S/c1-6-19(4,5)21-17(23)14(3)22-11-9-15(10-12-22)20-18(24)16-8-7-13(2)25-16/h7-8,14-15H,6,9-12H2,1-5H3,(H,20,24)(H,21,23). The van der Waals surface area contributed by atoms with E-state index in [4.69, 9.17) is 0 Å². The van der Waals surface area contributed by atoms with Crippen molar-refractivity contribution in [1.82, 2.24) is 15.5 Å². The van der Waals surface area contributed by atoms with E-state index in [0.29, 0.717) is 0 Å². The van der Waals surface area contributed by atoms with Gasteiger partial charge in [-0.15, -0.1) is 11.3 Å². The molecule has 1 fully saturated rings. The minimum absolute atomic E-state index is 0.0204. The van der Waals surface area contributed by atoms with Gasteiger partial charge in [0.15, 0.2) is 0 Å². The highest BCUT2D eigenvalue weighted by atomic mass is 32.1. The first-order chi connectivity index (χ1) is 11.7. The maximum Gasteiger partial charge on any atom is 0.261 e. The largest absolute Gasteiger partial charge is 0.350 e. The molecule has 25 heavy (non-hydrogen) atoms. The van der Waals surface area contributed by atoms with Crippen LogP contribution in [0, 0.1) is 6.92 Å². The predicted octanol–water partition coefficient (Wildman–Crippen LogP) is 2.94. The van der Waals surface area contributed by atoms with Crippen LogP contribution in [0.5, 0.6) is 0 Å². The molecule has 140 valence electrons. The van der Waals surface area contributed by atoms with E-state index in [-0.39, 0.29) is 29.4 Å². The first-order valence-corrected chi connectivity index (χ1v) is 9.97. The Morgan fingerprint density at radius 2 is 1.96 bits per heavy atom. The van der Waals surface area contributed by atoms with Crippen LogP contribution in [0.25, 0.3) is 0 Å². The maximum absolute atomic E-state index is 12.4. The van der Waals surface area contributed by atoms with Crippen LogP contribution in [0.15, 0.2) is 12.1 Å². The predicted molar refractivity (Wildman–Crippen MR) is 103 cm³/mol. The molecule has 0 spiro atoms. The summed E-state index contributed by atoms with van der Waals surface area (Å²) in [5.74, 6) is 0.107. The molecule has 1 unspecified atom stereocenters. The summed E-state index contributed by atoms with van der Waals surface area (Å²) in [5.41, 5.74) is -0.170. The Bertz CT molecular complexity index is 604. The van der Waals surface area contributed by atoms with Gasteiger partial charge in [0, 0.05) is 29.5 Å². The van der Waals surface area contributed by atoms with Crippen molar-refractivity contribution < 1.29 is 9.59 Å². The van der Waals surface area contributed by atoms with Gasteiger partial charge in [-0.2, -0.15) is 0 Å². The Morgan fingerprint density at radius 1 is 1.32 bits per heavy atom. The summed E-state index contributed by atoms with van der Waals surface area (Å²) in [7, 11) is 0. The number of carbonyl (C=O) groups excluding carboxylic acids is 2. The summed E-state index contributed by atoms with van der Waals surface area (Å²) in [6.07, 6.45) is 2.66. The molecule has 0 bridgehead atoms. The van der Waals surface area contributed by atoms with Crippen LogP contribution in [0.1, 0.15) is 61.5 Å². The summed E-state index contributed by atoms with van der Waals surface area (Å²) in [6, 6.07) is 3.91. The van der Waals surface area contributed by atoms with E-state index in [2.05, 4.69) is 22.5 Å². The minimum atomic E-state index is -0.170. The molecule has 1 saturated heterocycles. The Hall–Kier alpha value is -1.40. The number of carbonyl (C=O) groups is 2. The van der Waals surface area contributed by atoms with Gasteiger partial charge in [-0.3, -0.25) is 14.5 Å². The fourth-order valence-corrected chi connectivity index (χ4v) is 3.71. The van der Waals surface area contributed by atoms with Gasteiger partial charge in [-0.05, 0) is 59.1 Å². The van der Waals surface area contributed by atoms with Gasteiger partial charge in [0.25, 0.3) is 5.91 Å². The normalized spacial score (nSPS) is 18.0. The van der Waals surface area contributed by atoms with Crippen LogP contribution in [-0.4, -0.2) is 47.4 Å². The van der Waals surface area contributed by atoms with Crippen LogP contribution in [0.4, 0.5) is 0 Å². The van der Waals surface area contributed by atoms with Gasteiger partial charge in [0.2, 0.25) is 5.91 Å². The van der Waals surface area contributed by atoms with Gasteiger partial charge < -0.3 is 10.6 Å². The quantitative estimate of drug-likeness (QED) is 0.815. The van der Waals surface area contributed by atoms with Gasteiger partial charge >= 0.3 is 0 Å². The summed E-state index contributed by atoms with van der Waals surface area (Å²) in [6.45, 7) is 11.8. The van der Waals surface area contributed by atoms with Crippen molar-refractivity contribution in [1.29, 1.82) is 0 Å². The SMILES string of the molecule is CCC(C)(C)NC(=O)C(C)N1CCC(NC(=O)c2ccc(C)s2)CC1. The topological polar surface area (TPSA) is 61.4 Å². The summed E-state index contributed by atoms with van der Waals surface area (Å²) >= 11 is 1.53. The fourth-order valence-electron chi connectivity index (χ4n) is 2.94. The van der Waals surface area contributed by atoms with Gasteiger partial charge in [-0.1, -0.05) is 6.92 Å². The van der Waals surface area contributed by atoms with E-state index in [1.165, 1.54) is 11.3 Å². The molecule has 2 heterocycles. The molecular weight excluding hydrogens is 334 g/mol. The van der Waals surface area contributed by atoms with Gasteiger partial charge in [0.05, 0.1) is 10.9 Å². The number of hydrogen-bond donors (Lipinski definition) is 2. The fraction of sp³-hybridized carbons (Fsp3) is 0.684. The molecule has 0 radical (unpaired) electrons. The van der Waals surface area contributed by atoms with E-state index in [1.807, 2.05) is 39.8 Å². The van der Waals surface area contributed by atoms with Crippen LogP contribution in [0.3, 0.4) is 0 Å². The third-order valence-electron chi connectivity index (χ3n) is 5.10. The molecule has 6 heteroatoms. The lowest BCUT2D eigenvalue weighted by atomic mass is 10.00. The number of aryl methyl sites for hydroxylation is 1. The minimum Gasteiger partial charge on any atom is -0.350 e. The number of hydrogen-bond acceptors (Lipinski definition) is 4. The lowest BCUT2D eigenvalue weighted by Gasteiger charge is -2.37. The smallest absolute Gasteiger partial charge is 0.261 e. The van der Waals surface area contributed by atoms with Crippen LogP contribution in [-0.2, 0) is 4.79 Å². The highest BCUT2D eigenvalue weighted by Crippen LogP contribution is 2.18. The van der Waals surface area contributed by atoms with Crippen molar-refractivity contribution in [3.63, 3.8) is 0 Å². The number of thiophene rings is 1. The molecule has 2 rings (SSSR count). The molecule has 0 aromatic carbocycles. The Kier molecular flexibility index (Phi) is 6.63. The molecule has 5 nitrogen and oxygen atoms in total. The summed E-state index contributed by atoms with van der Waals surface area (Å²) in [4.78, 5) is 28.8. The summed E-state index contributed by atoms with van der Waals surface area (Å²) < 4.78 is 0. The van der Waals surface area contributed by atoms with Crippen molar-refractivity contribution in [2.24, 2.45) is 0 Å². The Balaban J connectivity index is 1.80. The highest BCUT2D eigenvalue weighted by molar-refractivity contribution is 7.13. The number of nitrogens with one attached hydrogen (secondary N) is 2. The van der Waals surface area contributed by atoms with Crippen molar-refractivity contribution in [3.8, 4) is 0 Å². The Labute approximate surface area is 155 Å². The second-order valence-electron chi connectivity index (χ2n) is 7.60. The van der Waals surface area contributed by atoms with Gasteiger partial charge in [0.1, 0.15) is 0 Å². The van der Waals surface area contributed by atoms with Crippen molar-refractivity contribution in [3.05, 3.63) is 21.9 Å². The van der Waals surface area contributed by atoms with Crippen LogP contribution >= 0.6 is 11.3 Å². The van der Waals surface area contributed by atoms with Gasteiger partial charge in [-0.25, -0.2) is 0 Å². The number of piperidine rings is 1. The second kappa shape index (κ2) is 8.32. The zero-order valence-electron chi connectivity index (χ0n) is 16.0. The average Bonchev–Trinajstić information content (AvgIpc) is 3.01. The highest BCUT2D eigenvalue weighted by Gasteiger charge is 2.29. The van der Waals surface area contributed by atoms with Crippen molar-refractivity contribution in [2.45, 2.75) is 71.5 Å². The molecule has 1 aliphatic rings. The van der Waals surface area contributed by atoms with Crippen molar-refractivity contribution >= 4 is 23.2 Å². The molecule has 1 aromatic rings. The molecule has 1 aromatic heterocycles. The second-order valence-corrected chi connectivity index (χ2v) is 8.88. The van der Waals surface area contributed by atoms with Crippen molar-refractivity contribution in [2.75, 3.05) is 13.1 Å². The van der Waals surface area contributed by atoms with E-state index in [0.717, 1.165) is 42.1 Å². The first kappa shape index (κ1) is 19.9. The van der Waals surface area contributed by atoms with E-state index < -0.39 is 0 Å². The number of likely N-dealkylation sites (tertiary alicyclic amines) is 1. The molecule has 0 aliphatic carbocycles. The molecule has 0 saturated carbocycles. The monoisotopic (exact) mass is 365 g/mol. The molecular formula is C19H31N3O2S.